The van der Waals surface area contributed by atoms with Gasteiger partial charge in [-0.2, -0.15) is 4.40 Å². The molecule has 0 aromatic carbocycles. The van der Waals surface area contributed by atoms with Gasteiger partial charge in [-0.3, -0.25) is 0 Å². The standard InChI is InChI=1S/C15H28N2O3S/c1-14(2,3)20-13(18)17-10-8-7-9-12(11-17)16-21(19)15(4,5)6/h7-11H2,1-6H3. The zero-order valence-corrected chi connectivity index (χ0v) is 14.9. The van der Waals surface area contributed by atoms with Crippen LogP contribution >= 0.6 is 0 Å². The molecule has 6 heteroatoms. The SMILES string of the molecule is CC(C)(C)OC(=O)N1CCCCC(=NS(=O)C(C)(C)C)C1. The summed E-state index contributed by atoms with van der Waals surface area (Å²) >= 11 is 0. The van der Waals surface area contributed by atoms with Gasteiger partial charge in [-0.05, 0) is 60.8 Å². The van der Waals surface area contributed by atoms with Crippen LogP contribution in [0.15, 0.2) is 4.40 Å². The summed E-state index contributed by atoms with van der Waals surface area (Å²) in [7, 11) is -1.28. The summed E-state index contributed by atoms with van der Waals surface area (Å²) < 4.78 is 21.5. The van der Waals surface area contributed by atoms with Crippen LogP contribution in [0.25, 0.3) is 0 Å². The van der Waals surface area contributed by atoms with Crippen LogP contribution in [0, 0.1) is 0 Å². The lowest BCUT2D eigenvalue weighted by atomic mass is 10.2. The molecule has 0 aliphatic carbocycles. The van der Waals surface area contributed by atoms with Gasteiger partial charge in [0.2, 0.25) is 0 Å². The average molecular weight is 316 g/mol. The molecule has 0 aromatic heterocycles. The highest BCUT2D eigenvalue weighted by atomic mass is 32.2. The Morgan fingerprint density at radius 1 is 1.19 bits per heavy atom. The first-order chi connectivity index (χ1) is 9.49. The van der Waals surface area contributed by atoms with Crippen molar-refractivity contribution in [1.82, 2.24) is 4.90 Å². The van der Waals surface area contributed by atoms with Gasteiger partial charge in [-0.25, -0.2) is 9.00 Å². The molecule has 1 saturated heterocycles. The fraction of sp³-hybridized carbons (Fsp3) is 0.867. The first-order valence-electron chi connectivity index (χ1n) is 7.45. The molecule has 0 saturated carbocycles. The molecule has 1 atom stereocenters. The number of carbonyl (C=O) groups is 1. The van der Waals surface area contributed by atoms with Crippen molar-refractivity contribution in [1.29, 1.82) is 0 Å². The molecule has 0 bridgehead atoms. The van der Waals surface area contributed by atoms with Crippen LogP contribution in [0.1, 0.15) is 60.8 Å². The number of carbonyl (C=O) groups excluding carboxylic acids is 1. The van der Waals surface area contributed by atoms with Crippen molar-refractivity contribution in [3.63, 3.8) is 0 Å². The van der Waals surface area contributed by atoms with Gasteiger partial charge in [-0.15, -0.1) is 0 Å². The minimum Gasteiger partial charge on any atom is -0.444 e. The molecule has 122 valence electrons. The maximum atomic E-state index is 12.2. The molecule has 0 N–H and O–H groups in total. The summed E-state index contributed by atoms with van der Waals surface area (Å²) in [5.41, 5.74) is 0.321. The Morgan fingerprint density at radius 3 is 2.33 bits per heavy atom. The van der Waals surface area contributed by atoms with E-state index in [1.807, 2.05) is 41.5 Å². The van der Waals surface area contributed by atoms with Crippen LogP contribution in [-0.4, -0.2) is 44.4 Å². The third-order valence-electron chi connectivity index (χ3n) is 2.90. The van der Waals surface area contributed by atoms with Gasteiger partial charge in [0.25, 0.3) is 0 Å². The van der Waals surface area contributed by atoms with Crippen LogP contribution in [0.3, 0.4) is 0 Å². The van der Waals surface area contributed by atoms with E-state index in [0.717, 1.165) is 25.0 Å². The molecule has 1 aliphatic rings. The lowest BCUT2D eigenvalue weighted by Crippen LogP contribution is -2.39. The van der Waals surface area contributed by atoms with Gasteiger partial charge in [0.1, 0.15) is 16.6 Å². The van der Waals surface area contributed by atoms with Crippen LogP contribution in [0.5, 0.6) is 0 Å². The number of hydrogen-bond acceptors (Lipinski definition) is 3. The van der Waals surface area contributed by atoms with Gasteiger partial charge >= 0.3 is 6.09 Å². The second-order valence-electron chi connectivity index (χ2n) is 7.38. The second-order valence-corrected chi connectivity index (χ2v) is 9.28. The van der Waals surface area contributed by atoms with E-state index in [9.17, 15) is 9.00 Å². The summed E-state index contributed by atoms with van der Waals surface area (Å²) in [5.74, 6) is 0. The van der Waals surface area contributed by atoms with Gasteiger partial charge in [0.05, 0.1) is 11.3 Å². The first kappa shape index (κ1) is 18.1. The number of hydrogen-bond donors (Lipinski definition) is 0. The molecule has 1 rings (SSSR count). The third kappa shape index (κ3) is 6.59. The van der Waals surface area contributed by atoms with Crippen molar-refractivity contribution >= 4 is 22.8 Å². The quantitative estimate of drug-likeness (QED) is 0.745. The topological polar surface area (TPSA) is 59.0 Å². The number of ether oxygens (including phenoxy) is 1. The normalized spacial score (nSPS) is 21.0. The summed E-state index contributed by atoms with van der Waals surface area (Å²) in [6.07, 6.45) is 2.35. The number of amides is 1. The molecule has 1 fully saturated rings. The Kier molecular flexibility index (Phi) is 5.96. The molecule has 1 heterocycles. The van der Waals surface area contributed by atoms with Crippen molar-refractivity contribution in [3.05, 3.63) is 0 Å². The van der Waals surface area contributed by atoms with Crippen molar-refractivity contribution in [2.24, 2.45) is 4.40 Å². The molecule has 0 aromatic rings. The van der Waals surface area contributed by atoms with Crippen LogP contribution < -0.4 is 0 Å². The predicted molar refractivity (Wildman–Crippen MR) is 87.0 cm³/mol. The Morgan fingerprint density at radius 2 is 1.81 bits per heavy atom. The molecule has 1 unspecified atom stereocenters. The number of likely N-dealkylation sites (tertiary alicyclic amines) is 1. The fourth-order valence-corrected chi connectivity index (χ4v) is 2.48. The predicted octanol–water partition coefficient (Wildman–Crippen LogP) is 3.31. The first-order valence-corrected chi connectivity index (χ1v) is 8.56. The largest absolute Gasteiger partial charge is 0.444 e. The van der Waals surface area contributed by atoms with E-state index >= 15 is 0 Å². The van der Waals surface area contributed by atoms with Crippen LogP contribution in [0.4, 0.5) is 4.79 Å². The van der Waals surface area contributed by atoms with E-state index < -0.39 is 16.6 Å². The maximum absolute atomic E-state index is 12.2. The Hall–Kier alpha value is -0.910. The van der Waals surface area contributed by atoms with Crippen molar-refractivity contribution in [2.75, 3.05) is 13.1 Å². The zero-order valence-electron chi connectivity index (χ0n) is 14.1. The summed E-state index contributed by atoms with van der Waals surface area (Å²) in [4.78, 5) is 13.8. The summed E-state index contributed by atoms with van der Waals surface area (Å²) in [6.45, 7) is 12.3. The number of nitrogens with zero attached hydrogens (tertiary/aromatic N) is 2. The molecule has 1 amide bonds. The van der Waals surface area contributed by atoms with Crippen molar-refractivity contribution in [2.45, 2.75) is 71.2 Å². The molecular weight excluding hydrogens is 288 g/mol. The highest BCUT2D eigenvalue weighted by molar-refractivity contribution is 7.85. The van der Waals surface area contributed by atoms with E-state index in [-0.39, 0.29) is 10.8 Å². The third-order valence-corrected chi connectivity index (χ3v) is 4.38. The maximum Gasteiger partial charge on any atom is 0.410 e. The lowest BCUT2D eigenvalue weighted by Gasteiger charge is -2.26. The van der Waals surface area contributed by atoms with E-state index in [1.165, 1.54) is 0 Å². The van der Waals surface area contributed by atoms with Gasteiger partial charge in [0.15, 0.2) is 0 Å². The smallest absolute Gasteiger partial charge is 0.410 e. The lowest BCUT2D eigenvalue weighted by molar-refractivity contribution is 0.0281. The minimum absolute atomic E-state index is 0.321. The van der Waals surface area contributed by atoms with E-state index in [1.54, 1.807) is 4.90 Å². The number of rotatable bonds is 1. The van der Waals surface area contributed by atoms with E-state index in [4.69, 9.17) is 4.74 Å². The van der Waals surface area contributed by atoms with Gasteiger partial charge in [0, 0.05) is 12.3 Å². The highest BCUT2D eigenvalue weighted by Crippen LogP contribution is 2.17. The van der Waals surface area contributed by atoms with Gasteiger partial charge < -0.3 is 9.64 Å². The Balaban J connectivity index is 2.80. The molecule has 1 aliphatic heterocycles. The zero-order chi connectivity index (χ0) is 16.3. The summed E-state index contributed by atoms with van der Waals surface area (Å²) in [6, 6.07) is 0. The summed E-state index contributed by atoms with van der Waals surface area (Å²) in [5, 5.41) is 0. The monoisotopic (exact) mass is 316 g/mol. The minimum atomic E-state index is -1.28. The second kappa shape index (κ2) is 6.90. The fourth-order valence-electron chi connectivity index (χ4n) is 1.82. The molecule has 0 spiro atoms. The Bertz CT molecular complexity index is 433. The highest BCUT2D eigenvalue weighted by Gasteiger charge is 2.26. The van der Waals surface area contributed by atoms with Crippen LogP contribution in [0.2, 0.25) is 0 Å². The molecule has 0 radical (unpaired) electrons. The van der Waals surface area contributed by atoms with Gasteiger partial charge in [-0.1, -0.05) is 0 Å². The van der Waals surface area contributed by atoms with E-state index in [0.29, 0.717) is 13.1 Å². The molecule has 21 heavy (non-hydrogen) atoms. The van der Waals surface area contributed by atoms with Crippen LogP contribution in [-0.2, 0) is 15.7 Å². The average Bonchev–Trinajstić information content (AvgIpc) is 2.51. The molecule has 5 nitrogen and oxygen atoms in total. The Labute approximate surface area is 130 Å². The molecular formula is C15H28N2O3S. The van der Waals surface area contributed by atoms with Crippen molar-refractivity contribution < 1.29 is 13.7 Å². The van der Waals surface area contributed by atoms with E-state index in [2.05, 4.69) is 4.40 Å². The van der Waals surface area contributed by atoms with Crippen molar-refractivity contribution in [3.8, 4) is 0 Å².